The van der Waals surface area contributed by atoms with E-state index >= 15 is 0 Å². The maximum atomic E-state index is 13.9. The maximum Gasteiger partial charge on any atom is 0.166 e. The van der Waals surface area contributed by atoms with Gasteiger partial charge in [0.2, 0.25) is 0 Å². The number of halogens is 3. The van der Waals surface area contributed by atoms with Crippen LogP contribution in [-0.2, 0) is 0 Å². The van der Waals surface area contributed by atoms with Crippen molar-refractivity contribution in [2.45, 2.75) is 45.8 Å². The van der Waals surface area contributed by atoms with Crippen LogP contribution in [0.1, 0.15) is 51.3 Å². The molecule has 3 aromatic rings. The van der Waals surface area contributed by atoms with Crippen molar-refractivity contribution < 1.29 is 9.13 Å². The first-order chi connectivity index (χ1) is 13.8. The minimum Gasteiger partial charge on any atom is -0.482 e. The molecule has 0 amide bonds. The van der Waals surface area contributed by atoms with E-state index in [0.29, 0.717) is 22.4 Å². The molecule has 1 aromatic carbocycles. The van der Waals surface area contributed by atoms with E-state index < -0.39 is 11.9 Å². The molecule has 0 spiro atoms. The Kier molecular flexibility index (Phi) is 6.65. The largest absolute Gasteiger partial charge is 0.482 e. The van der Waals surface area contributed by atoms with Crippen LogP contribution in [0.15, 0.2) is 36.8 Å². The number of nitrogens with zero attached hydrogens (tertiary/aromatic N) is 3. The molecule has 0 fully saturated rings. The smallest absolute Gasteiger partial charge is 0.166 e. The summed E-state index contributed by atoms with van der Waals surface area (Å²) in [6.07, 6.45) is 6.81. The van der Waals surface area contributed by atoms with Crippen molar-refractivity contribution in [2.75, 3.05) is 5.73 Å². The molecule has 2 N–H and O–H groups in total. The molecule has 0 aliphatic heterocycles. The predicted molar refractivity (Wildman–Crippen MR) is 115 cm³/mol. The Balaban J connectivity index is 1.90. The van der Waals surface area contributed by atoms with Crippen molar-refractivity contribution in [1.82, 2.24) is 14.8 Å². The van der Waals surface area contributed by atoms with Crippen molar-refractivity contribution in [2.24, 2.45) is 0 Å². The van der Waals surface area contributed by atoms with Gasteiger partial charge in [0.25, 0.3) is 0 Å². The van der Waals surface area contributed by atoms with Crippen LogP contribution in [0, 0.1) is 5.82 Å². The van der Waals surface area contributed by atoms with E-state index in [2.05, 4.69) is 23.9 Å². The van der Waals surface area contributed by atoms with Gasteiger partial charge < -0.3 is 10.5 Å². The van der Waals surface area contributed by atoms with Gasteiger partial charge in [0.1, 0.15) is 11.9 Å². The average Bonchev–Trinajstić information content (AvgIpc) is 3.18. The van der Waals surface area contributed by atoms with Crippen LogP contribution >= 0.6 is 23.2 Å². The van der Waals surface area contributed by atoms with E-state index in [1.54, 1.807) is 25.4 Å². The normalized spacial score (nSPS) is 12.4. The van der Waals surface area contributed by atoms with Crippen molar-refractivity contribution in [3.63, 3.8) is 0 Å². The van der Waals surface area contributed by atoms with Crippen LogP contribution in [0.3, 0.4) is 0 Å². The fraction of sp³-hybridized carbons (Fsp3) is 0.333. The third kappa shape index (κ3) is 4.49. The van der Waals surface area contributed by atoms with E-state index in [0.717, 1.165) is 24.0 Å². The van der Waals surface area contributed by atoms with Gasteiger partial charge in [0.15, 0.2) is 11.6 Å². The topological polar surface area (TPSA) is 66.0 Å². The van der Waals surface area contributed by atoms with E-state index in [1.165, 1.54) is 12.1 Å². The highest BCUT2D eigenvalue weighted by atomic mass is 35.5. The van der Waals surface area contributed by atoms with Gasteiger partial charge in [-0.15, -0.1) is 0 Å². The molecule has 0 aliphatic rings. The zero-order valence-electron chi connectivity index (χ0n) is 16.5. The molecular formula is C21H23Cl2FN4O. The summed E-state index contributed by atoms with van der Waals surface area (Å²) in [5.74, 6) is 0.0218. The summed E-state index contributed by atoms with van der Waals surface area (Å²) in [6.45, 7) is 6.00. The summed E-state index contributed by atoms with van der Waals surface area (Å²) in [5, 5.41) is 4.72. The Morgan fingerprint density at radius 1 is 1.17 bits per heavy atom. The van der Waals surface area contributed by atoms with Gasteiger partial charge in [-0.2, -0.15) is 5.10 Å². The lowest BCUT2D eigenvalue weighted by Gasteiger charge is -2.19. The molecule has 5 nitrogen and oxygen atoms in total. The summed E-state index contributed by atoms with van der Waals surface area (Å²) in [5.41, 5.74) is 8.08. The fourth-order valence-corrected chi connectivity index (χ4v) is 3.90. The SMILES string of the molecule is CCC(CC)n1cc(-c2cnc(N)c(OC(C)c3c(Cl)ccc(F)c3Cl)c2)cn1. The van der Waals surface area contributed by atoms with Crippen molar-refractivity contribution in [1.29, 1.82) is 0 Å². The molecule has 1 atom stereocenters. The number of nitrogen functional groups attached to an aromatic ring is 1. The van der Waals surface area contributed by atoms with Crippen LogP contribution < -0.4 is 10.5 Å². The van der Waals surface area contributed by atoms with Crippen LogP contribution in [-0.4, -0.2) is 14.8 Å². The van der Waals surface area contributed by atoms with E-state index in [9.17, 15) is 4.39 Å². The highest BCUT2D eigenvalue weighted by molar-refractivity contribution is 6.36. The number of hydrogen-bond acceptors (Lipinski definition) is 4. The monoisotopic (exact) mass is 436 g/mol. The second kappa shape index (κ2) is 9.01. The van der Waals surface area contributed by atoms with Crippen molar-refractivity contribution in [3.05, 3.63) is 58.2 Å². The van der Waals surface area contributed by atoms with Gasteiger partial charge >= 0.3 is 0 Å². The van der Waals surface area contributed by atoms with Gasteiger partial charge in [-0.05, 0) is 38.0 Å². The molecule has 0 aliphatic carbocycles. The first kappa shape index (κ1) is 21.4. The van der Waals surface area contributed by atoms with Gasteiger partial charge in [0.05, 0.1) is 17.3 Å². The Bertz CT molecular complexity index is 1000. The molecule has 0 saturated heterocycles. The Morgan fingerprint density at radius 3 is 2.59 bits per heavy atom. The summed E-state index contributed by atoms with van der Waals surface area (Å²) >= 11 is 12.3. The molecule has 0 bridgehead atoms. The van der Waals surface area contributed by atoms with Crippen molar-refractivity contribution >= 4 is 29.0 Å². The minimum absolute atomic E-state index is 0.0702. The second-order valence-corrected chi connectivity index (χ2v) is 7.59. The van der Waals surface area contributed by atoms with Gasteiger partial charge in [-0.25, -0.2) is 9.37 Å². The van der Waals surface area contributed by atoms with Crippen molar-refractivity contribution in [3.8, 4) is 16.9 Å². The molecule has 2 heterocycles. The van der Waals surface area contributed by atoms with Crippen LogP contribution in [0.2, 0.25) is 10.0 Å². The Hall–Kier alpha value is -2.31. The standard InChI is InChI=1S/C21H23Cl2FN4O/c1-4-15(5-2)28-11-14(10-27-28)13-8-18(21(25)26-9-13)29-12(3)19-16(22)6-7-17(24)20(19)23/h6-12,15H,4-5H2,1-3H3,(H2,25,26). The molecule has 3 rings (SSSR count). The summed E-state index contributed by atoms with van der Waals surface area (Å²) in [6, 6.07) is 4.80. The molecule has 0 saturated carbocycles. The molecule has 0 radical (unpaired) electrons. The Labute approximate surface area is 179 Å². The fourth-order valence-electron chi connectivity index (χ4n) is 3.22. The van der Waals surface area contributed by atoms with E-state index in [-0.39, 0.29) is 10.8 Å². The molecule has 2 aromatic heterocycles. The number of benzene rings is 1. The number of anilines is 1. The van der Waals surface area contributed by atoms with Gasteiger partial charge in [-0.1, -0.05) is 37.0 Å². The molecule has 1 unspecified atom stereocenters. The lowest BCUT2D eigenvalue weighted by Crippen LogP contribution is -2.08. The number of aromatic nitrogens is 3. The molecule has 154 valence electrons. The lowest BCUT2D eigenvalue weighted by molar-refractivity contribution is 0.227. The van der Waals surface area contributed by atoms with Crippen LogP contribution in [0.5, 0.6) is 5.75 Å². The maximum absolute atomic E-state index is 13.9. The zero-order valence-corrected chi connectivity index (χ0v) is 18.0. The Morgan fingerprint density at radius 2 is 1.90 bits per heavy atom. The van der Waals surface area contributed by atoms with E-state index in [1.807, 2.05) is 10.9 Å². The molecule has 29 heavy (non-hydrogen) atoms. The van der Waals surface area contributed by atoms with Crippen LogP contribution in [0.25, 0.3) is 11.1 Å². The highest BCUT2D eigenvalue weighted by Gasteiger charge is 2.20. The summed E-state index contributed by atoms with van der Waals surface area (Å²) < 4.78 is 21.8. The molecular weight excluding hydrogens is 414 g/mol. The first-order valence-corrected chi connectivity index (χ1v) is 10.2. The number of nitrogens with two attached hydrogens (primary N) is 1. The minimum atomic E-state index is -0.627. The summed E-state index contributed by atoms with van der Waals surface area (Å²) in [4.78, 5) is 4.23. The van der Waals surface area contributed by atoms with E-state index in [4.69, 9.17) is 33.7 Å². The third-order valence-corrected chi connectivity index (χ3v) is 5.64. The average molecular weight is 437 g/mol. The molecule has 8 heteroatoms. The number of pyridine rings is 1. The quantitative estimate of drug-likeness (QED) is 0.430. The summed E-state index contributed by atoms with van der Waals surface area (Å²) in [7, 11) is 0. The number of ether oxygens (including phenoxy) is 1. The zero-order chi connectivity index (χ0) is 21.1. The second-order valence-electron chi connectivity index (χ2n) is 6.80. The first-order valence-electron chi connectivity index (χ1n) is 9.45. The highest BCUT2D eigenvalue weighted by Crippen LogP contribution is 2.37. The van der Waals surface area contributed by atoms with Crippen LogP contribution in [0.4, 0.5) is 10.2 Å². The number of rotatable bonds is 7. The third-order valence-electron chi connectivity index (χ3n) is 4.92. The van der Waals surface area contributed by atoms with Gasteiger partial charge in [0, 0.05) is 34.1 Å². The number of hydrogen-bond donors (Lipinski definition) is 1. The van der Waals surface area contributed by atoms with Gasteiger partial charge in [-0.3, -0.25) is 4.68 Å². The lowest BCUT2D eigenvalue weighted by atomic mass is 10.1. The predicted octanol–water partition coefficient (Wildman–Crippen LogP) is 6.47.